The molecule has 0 bridgehead atoms. The van der Waals surface area contributed by atoms with E-state index in [1.807, 2.05) is 60.7 Å². The van der Waals surface area contributed by atoms with Gasteiger partial charge in [-0.05, 0) is 30.2 Å². The third kappa shape index (κ3) is 7.11. The summed E-state index contributed by atoms with van der Waals surface area (Å²) in [6.07, 6.45) is -1.31. The van der Waals surface area contributed by atoms with Crippen molar-refractivity contribution < 1.29 is 33.5 Å². The van der Waals surface area contributed by atoms with Crippen LogP contribution in [0.3, 0.4) is 0 Å². The third-order valence-corrected chi connectivity index (χ3v) is 6.15. The summed E-state index contributed by atoms with van der Waals surface area (Å²) in [6, 6.07) is 30.0. The Bertz CT molecular complexity index is 1610. The van der Waals surface area contributed by atoms with E-state index in [1.54, 1.807) is 19.1 Å². The van der Waals surface area contributed by atoms with Crippen molar-refractivity contribution in [3.05, 3.63) is 130 Å². The van der Waals surface area contributed by atoms with E-state index < -0.39 is 11.2 Å². The molecule has 0 saturated carbocycles. The van der Waals surface area contributed by atoms with Crippen LogP contribution in [-0.4, -0.2) is 21.8 Å². The second-order valence-corrected chi connectivity index (χ2v) is 9.12. The molecule has 0 aliphatic rings. The van der Waals surface area contributed by atoms with Gasteiger partial charge in [0.15, 0.2) is 5.76 Å². The molecular weight excluding hydrogens is 540 g/mol. The Balaban J connectivity index is 1.57. The highest BCUT2D eigenvalue weighted by atomic mass is 16.6. The molecule has 1 unspecified atom stereocenters. The molecule has 0 saturated heterocycles. The van der Waals surface area contributed by atoms with Gasteiger partial charge in [-0.25, -0.2) is 0 Å². The number of rotatable bonds is 13. The summed E-state index contributed by atoms with van der Waals surface area (Å²) in [7, 11) is 0. The number of aromatic nitrogens is 1. The van der Waals surface area contributed by atoms with Crippen LogP contribution in [0.25, 0.3) is 11.3 Å². The Morgan fingerprint density at radius 2 is 1.45 bits per heavy atom. The van der Waals surface area contributed by atoms with E-state index in [4.69, 9.17) is 23.5 Å². The Kier molecular flexibility index (Phi) is 9.07. The minimum absolute atomic E-state index is 0.0690. The monoisotopic (exact) mass is 568 g/mol. The highest BCUT2D eigenvalue weighted by Gasteiger charge is 2.23. The summed E-state index contributed by atoms with van der Waals surface area (Å²) >= 11 is 0. The van der Waals surface area contributed by atoms with Gasteiger partial charge in [-0.15, -0.1) is 0 Å². The quantitative estimate of drug-likeness (QED) is 0.0889. The van der Waals surface area contributed by atoms with Crippen molar-refractivity contribution in [1.82, 2.24) is 5.16 Å². The van der Waals surface area contributed by atoms with E-state index in [2.05, 4.69) is 5.16 Å². The van der Waals surface area contributed by atoms with Crippen LogP contribution >= 0.6 is 0 Å². The van der Waals surface area contributed by atoms with Gasteiger partial charge in [0.25, 0.3) is 5.69 Å². The van der Waals surface area contributed by atoms with Crippen molar-refractivity contribution >= 4 is 5.69 Å². The van der Waals surface area contributed by atoms with E-state index in [1.165, 1.54) is 30.3 Å². The van der Waals surface area contributed by atoms with Crippen molar-refractivity contribution in [3.8, 4) is 34.3 Å². The fourth-order valence-corrected chi connectivity index (χ4v) is 4.10. The molecule has 0 spiro atoms. The molecule has 0 amide bonds. The normalized spacial score (nSPS) is 11.6. The predicted molar refractivity (Wildman–Crippen MR) is 153 cm³/mol. The Labute approximate surface area is 241 Å². The maximum absolute atomic E-state index is 11.2. The fraction of sp³-hybridized carbons (Fsp3) is 0.156. The lowest BCUT2D eigenvalue weighted by Crippen LogP contribution is -2.02. The number of hydrogen-bond donors (Lipinski definition) is 1. The minimum Gasteiger partial charge on any atom is -0.489 e. The van der Waals surface area contributed by atoms with Crippen LogP contribution in [0.2, 0.25) is 0 Å². The van der Waals surface area contributed by atoms with Crippen molar-refractivity contribution in [2.24, 2.45) is 0 Å². The summed E-state index contributed by atoms with van der Waals surface area (Å²) < 4.78 is 29.3. The molecule has 42 heavy (non-hydrogen) atoms. The molecule has 214 valence electrons. The zero-order valence-corrected chi connectivity index (χ0v) is 22.7. The number of non-ortho nitro benzene ring substituents is 1. The highest BCUT2D eigenvalue weighted by molar-refractivity contribution is 5.76. The van der Waals surface area contributed by atoms with Gasteiger partial charge in [-0.2, -0.15) is 0 Å². The Hall–Kier alpha value is -5.19. The van der Waals surface area contributed by atoms with Gasteiger partial charge < -0.3 is 28.6 Å². The zero-order chi connectivity index (χ0) is 29.3. The van der Waals surface area contributed by atoms with E-state index in [0.717, 1.165) is 11.1 Å². The molecule has 5 rings (SSSR count). The van der Waals surface area contributed by atoms with Crippen molar-refractivity contribution in [2.45, 2.75) is 26.4 Å². The van der Waals surface area contributed by atoms with Gasteiger partial charge >= 0.3 is 0 Å². The number of nitrogens with zero attached hydrogens (tertiary/aromatic N) is 2. The molecule has 1 N–H and O–H groups in total. The average molecular weight is 569 g/mol. The summed E-state index contributed by atoms with van der Waals surface area (Å²) in [4.78, 5) is 10.7. The Morgan fingerprint density at radius 3 is 2.07 bits per heavy atom. The number of hydrogen-bond acceptors (Lipinski definition) is 9. The number of nitro groups is 1. The molecule has 1 atom stereocenters. The summed E-state index contributed by atoms with van der Waals surface area (Å²) in [5, 5.41) is 25.6. The van der Waals surface area contributed by atoms with Crippen LogP contribution < -0.4 is 14.2 Å². The maximum Gasteiger partial charge on any atom is 0.269 e. The van der Waals surface area contributed by atoms with Crippen LogP contribution in [-0.2, 0) is 18.0 Å². The standard InChI is InChI=1S/C32H28N2O8/c1-2-38-32(35)30-19-27(33-42-30)31-28(40-21-23-11-7-4-8-12-23)17-26(39-20-22-9-5-3-6-10-22)18-29(31)41-25-15-13-24(14-16-25)34(36)37/h3-19,32,35H,2,20-21H2,1H3. The largest absolute Gasteiger partial charge is 0.489 e. The molecule has 0 radical (unpaired) electrons. The number of nitro benzene ring substituents is 1. The number of ether oxygens (including phenoxy) is 4. The summed E-state index contributed by atoms with van der Waals surface area (Å²) in [5.74, 6) is 1.58. The van der Waals surface area contributed by atoms with Gasteiger partial charge in [-0.3, -0.25) is 10.1 Å². The fourth-order valence-electron chi connectivity index (χ4n) is 4.10. The molecule has 5 aromatic rings. The smallest absolute Gasteiger partial charge is 0.269 e. The minimum atomic E-state index is -1.31. The molecule has 0 aliphatic carbocycles. The zero-order valence-electron chi connectivity index (χ0n) is 22.7. The highest BCUT2D eigenvalue weighted by Crippen LogP contribution is 2.44. The first-order chi connectivity index (χ1) is 20.5. The molecule has 10 heteroatoms. The maximum atomic E-state index is 11.2. The van der Waals surface area contributed by atoms with Crippen LogP contribution in [0.4, 0.5) is 5.69 Å². The molecule has 10 nitrogen and oxygen atoms in total. The van der Waals surface area contributed by atoms with Gasteiger partial charge in [0.2, 0.25) is 6.29 Å². The Morgan fingerprint density at radius 1 is 0.833 bits per heavy atom. The van der Waals surface area contributed by atoms with Crippen molar-refractivity contribution in [1.29, 1.82) is 0 Å². The summed E-state index contributed by atoms with van der Waals surface area (Å²) in [6.45, 7) is 2.55. The summed E-state index contributed by atoms with van der Waals surface area (Å²) in [5.41, 5.74) is 2.58. The number of benzene rings is 4. The topological polar surface area (TPSA) is 126 Å². The lowest BCUT2D eigenvalue weighted by molar-refractivity contribution is -0.384. The van der Waals surface area contributed by atoms with Crippen LogP contribution in [0.1, 0.15) is 30.1 Å². The van der Waals surface area contributed by atoms with Gasteiger partial charge in [-0.1, -0.05) is 65.8 Å². The van der Waals surface area contributed by atoms with E-state index in [0.29, 0.717) is 40.9 Å². The van der Waals surface area contributed by atoms with Crippen molar-refractivity contribution in [3.63, 3.8) is 0 Å². The first kappa shape index (κ1) is 28.3. The number of aliphatic hydroxyl groups excluding tert-OH is 1. The predicted octanol–water partition coefficient (Wildman–Crippen LogP) is 7.23. The van der Waals surface area contributed by atoms with Gasteiger partial charge in [0.05, 0.1) is 10.5 Å². The first-order valence-corrected chi connectivity index (χ1v) is 13.2. The van der Waals surface area contributed by atoms with E-state index >= 15 is 0 Å². The van der Waals surface area contributed by atoms with Crippen LogP contribution in [0.5, 0.6) is 23.0 Å². The van der Waals surface area contributed by atoms with E-state index in [-0.39, 0.29) is 24.7 Å². The lowest BCUT2D eigenvalue weighted by atomic mass is 10.1. The van der Waals surface area contributed by atoms with E-state index in [9.17, 15) is 15.2 Å². The molecular formula is C32H28N2O8. The average Bonchev–Trinajstić information content (AvgIpc) is 3.50. The van der Waals surface area contributed by atoms with Crippen LogP contribution in [0.15, 0.2) is 108 Å². The van der Waals surface area contributed by atoms with Gasteiger partial charge in [0, 0.05) is 36.9 Å². The molecule has 0 fully saturated rings. The molecule has 0 aliphatic heterocycles. The van der Waals surface area contributed by atoms with Gasteiger partial charge in [0.1, 0.15) is 41.9 Å². The second kappa shape index (κ2) is 13.4. The molecule has 4 aromatic carbocycles. The first-order valence-electron chi connectivity index (χ1n) is 13.2. The lowest BCUT2D eigenvalue weighted by Gasteiger charge is -2.17. The van der Waals surface area contributed by atoms with Crippen molar-refractivity contribution in [2.75, 3.05) is 6.61 Å². The molecule has 1 aromatic heterocycles. The third-order valence-electron chi connectivity index (χ3n) is 6.15. The SMILES string of the molecule is CCOC(O)c1cc(-c2c(OCc3ccccc3)cc(OCc3ccccc3)cc2Oc2ccc([N+](=O)[O-])cc2)no1. The molecule has 1 heterocycles. The van der Waals surface area contributed by atoms with Crippen LogP contribution in [0, 0.1) is 10.1 Å². The number of aliphatic hydroxyl groups is 1. The second-order valence-electron chi connectivity index (χ2n) is 9.12.